The zero-order valence-corrected chi connectivity index (χ0v) is 4.46. The molecular weight excluding hydrogens is 108 g/mol. The summed E-state index contributed by atoms with van der Waals surface area (Å²) >= 11 is 0. The molecule has 1 N–H and O–H groups in total. The number of nitrogens with zero attached hydrogens (tertiary/aromatic N) is 2. The van der Waals surface area contributed by atoms with Crippen molar-refractivity contribution in [3.05, 3.63) is 0 Å². The Balaban J connectivity index is 2.69. The van der Waals surface area contributed by atoms with Crippen LogP contribution in [0.4, 0.5) is 0 Å². The van der Waals surface area contributed by atoms with Crippen LogP contribution in [0.15, 0.2) is 5.10 Å². The van der Waals surface area contributed by atoms with Crippen LogP contribution in [0.2, 0.25) is 0 Å². The Morgan fingerprint density at radius 2 is 2.50 bits per heavy atom. The minimum Gasteiger partial charge on any atom is -0.270 e. The van der Waals surface area contributed by atoms with Gasteiger partial charge in [0.15, 0.2) is 0 Å². The van der Waals surface area contributed by atoms with Crippen molar-refractivity contribution in [2.75, 3.05) is 0 Å². The fourth-order valence-electron chi connectivity index (χ4n) is 0.542. The molecule has 1 heterocycles. The summed E-state index contributed by atoms with van der Waals surface area (Å²) in [5.41, 5.74) is 0.650. The average molecular weight is 114 g/mol. The van der Waals surface area contributed by atoms with E-state index in [9.17, 15) is 4.79 Å². The van der Waals surface area contributed by atoms with Gasteiger partial charge in [0.05, 0.1) is 6.42 Å². The number of hydroxylamine groups is 1. The van der Waals surface area contributed by atoms with Crippen LogP contribution in [0.5, 0.6) is 0 Å². The van der Waals surface area contributed by atoms with Gasteiger partial charge in [-0.2, -0.15) is 5.10 Å². The van der Waals surface area contributed by atoms with Gasteiger partial charge < -0.3 is 0 Å². The van der Waals surface area contributed by atoms with Crippen molar-refractivity contribution in [2.24, 2.45) is 5.10 Å². The lowest BCUT2D eigenvalue weighted by atomic mass is 10.3. The number of amides is 1. The third kappa shape index (κ3) is 0.696. The van der Waals surface area contributed by atoms with Crippen LogP contribution in [-0.4, -0.2) is 22.0 Å². The lowest BCUT2D eigenvalue weighted by molar-refractivity contribution is -0.160. The number of hydrazone groups is 1. The molecule has 0 saturated carbocycles. The van der Waals surface area contributed by atoms with E-state index in [-0.39, 0.29) is 12.3 Å². The Kier molecular flexibility index (Phi) is 1.02. The summed E-state index contributed by atoms with van der Waals surface area (Å²) in [6, 6.07) is 0. The van der Waals surface area contributed by atoms with Crippen molar-refractivity contribution in [3.8, 4) is 0 Å². The molecule has 0 saturated heterocycles. The van der Waals surface area contributed by atoms with E-state index >= 15 is 0 Å². The smallest absolute Gasteiger partial charge is 0.270 e. The van der Waals surface area contributed by atoms with Gasteiger partial charge in [0, 0.05) is 5.71 Å². The Morgan fingerprint density at radius 3 is 2.62 bits per heavy atom. The zero-order chi connectivity index (χ0) is 6.15. The molecule has 1 aliphatic heterocycles. The van der Waals surface area contributed by atoms with Crippen LogP contribution < -0.4 is 0 Å². The van der Waals surface area contributed by atoms with Gasteiger partial charge in [-0.1, -0.05) is 0 Å². The molecule has 1 aliphatic rings. The molecule has 0 aromatic heterocycles. The summed E-state index contributed by atoms with van der Waals surface area (Å²) in [4.78, 5) is 10.3. The standard InChI is InChI=1S/C4H6N2O2/c1-3-2-4(7)6(8)5-3/h8H,2H2,1H3. The van der Waals surface area contributed by atoms with Gasteiger partial charge in [-0.25, -0.2) is 0 Å². The van der Waals surface area contributed by atoms with Crippen molar-refractivity contribution in [3.63, 3.8) is 0 Å². The normalized spacial score (nSPS) is 19.5. The van der Waals surface area contributed by atoms with E-state index < -0.39 is 0 Å². The minimum absolute atomic E-state index is 0.247. The van der Waals surface area contributed by atoms with E-state index in [1.165, 1.54) is 0 Å². The predicted octanol–water partition coefficient (Wildman–Crippen LogP) is -0.0162. The monoisotopic (exact) mass is 114 g/mol. The van der Waals surface area contributed by atoms with Crippen LogP contribution >= 0.6 is 0 Å². The molecular formula is C4H6N2O2. The molecule has 0 unspecified atom stereocenters. The summed E-state index contributed by atoms with van der Waals surface area (Å²) < 4.78 is 0. The molecule has 0 radical (unpaired) electrons. The Morgan fingerprint density at radius 1 is 1.88 bits per heavy atom. The van der Waals surface area contributed by atoms with Gasteiger partial charge >= 0.3 is 0 Å². The van der Waals surface area contributed by atoms with Gasteiger partial charge in [0.25, 0.3) is 5.91 Å². The molecule has 1 rings (SSSR count). The van der Waals surface area contributed by atoms with Crippen LogP contribution in [-0.2, 0) is 4.79 Å². The highest BCUT2D eigenvalue weighted by Gasteiger charge is 2.17. The third-order valence-corrected chi connectivity index (χ3v) is 0.896. The molecule has 0 fully saturated rings. The van der Waals surface area contributed by atoms with E-state index in [1.54, 1.807) is 6.92 Å². The first-order valence-corrected chi connectivity index (χ1v) is 2.26. The summed E-state index contributed by atoms with van der Waals surface area (Å²) in [5.74, 6) is -0.359. The molecule has 4 nitrogen and oxygen atoms in total. The molecule has 0 aromatic carbocycles. The first-order valence-electron chi connectivity index (χ1n) is 2.26. The molecule has 0 atom stereocenters. The van der Waals surface area contributed by atoms with Crippen LogP contribution in [0.1, 0.15) is 13.3 Å². The number of hydrogen-bond donors (Lipinski definition) is 1. The van der Waals surface area contributed by atoms with Crippen LogP contribution in [0, 0.1) is 0 Å². The predicted molar refractivity (Wildman–Crippen MR) is 26.4 cm³/mol. The fraction of sp³-hybridized carbons (Fsp3) is 0.500. The summed E-state index contributed by atoms with van der Waals surface area (Å²) in [5, 5.41) is 12.3. The lowest BCUT2D eigenvalue weighted by Gasteiger charge is -1.95. The molecule has 4 heteroatoms. The quantitative estimate of drug-likeness (QED) is 0.450. The number of carbonyl (C=O) groups excluding carboxylic acids is 1. The van der Waals surface area contributed by atoms with Gasteiger partial charge in [-0.15, -0.1) is 5.17 Å². The maximum atomic E-state index is 10.3. The maximum absolute atomic E-state index is 10.3. The molecule has 0 aliphatic carbocycles. The van der Waals surface area contributed by atoms with Crippen molar-refractivity contribution in [1.29, 1.82) is 0 Å². The Bertz CT molecular complexity index is 152. The Labute approximate surface area is 46.4 Å². The zero-order valence-electron chi connectivity index (χ0n) is 4.46. The lowest BCUT2D eigenvalue weighted by Crippen LogP contribution is -2.14. The molecule has 0 spiro atoms. The van der Waals surface area contributed by atoms with E-state index in [4.69, 9.17) is 5.21 Å². The van der Waals surface area contributed by atoms with Gasteiger partial charge in [-0.05, 0) is 6.92 Å². The molecule has 8 heavy (non-hydrogen) atoms. The number of carbonyl (C=O) groups is 1. The summed E-state index contributed by atoms with van der Waals surface area (Å²) in [7, 11) is 0. The van der Waals surface area contributed by atoms with Crippen molar-refractivity contribution in [1.82, 2.24) is 5.17 Å². The van der Waals surface area contributed by atoms with Crippen molar-refractivity contribution >= 4 is 11.6 Å². The van der Waals surface area contributed by atoms with Gasteiger partial charge in [0.2, 0.25) is 0 Å². The topological polar surface area (TPSA) is 52.9 Å². The molecule has 0 aromatic rings. The highest BCUT2D eigenvalue weighted by Crippen LogP contribution is 2.02. The largest absolute Gasteiger partial charge is 0.274 e. The first kappa shape index (κ1) is 5.24. The summed E-state index contributed by atoms with van der Waals surface area (Å²) in [6.45, 7) is 1.69. The van der Waals surface area contributed by atoms with E-state index in [2.05, 4.69) is 5.10 Å². The second kappa shape index (κ2) is 1.56. The average Bonchev–Trinajstić information content (AvgIpc) is 1.85. The fourth-order valence-corrected chi connectivity index (χ4v) is 0.542. The van der Waals surface area contributed by atoms with E-state index in [0.717, 1.165) is 0 Å². The van der Waals surface area contributed by atoms with Crippen molar-refractivity contribution in [2.45, 2.75) is 13.3 Å². The molecule has 1 amide bonds. The van der Waals surface area contributed by atoms with Crippen LogP contribution in [0.25, 0.3) is 0 Å². The van der Waals surface area contributed by atoms with E-state index in [1.807, 2.05) is 0 Å². The highest BCUT2D eigenvalue weighted by molar-refractivity contribution is 6.03. The second-order valence-corrected chi connectivity index (χ2v) is 1.70. The van der Waals surface area contributed by atoms with Gasteiger partial charge in [-0.3, -0.25) is 10.0 Å². The molecule has 44 valence electrons. The highest BCUT2D eigenvalue weighted by atomic mass is 16.5. The van der Waals surface area contributed by atoms with Crippen molar-refractivity contribution < 1.29 is 10.0 Å². The SMILES string of the molecule is CC1=NN(O)C(=O)C1. The third-order valence-electron chi connectivity index (χ3n) is 0.896. The molecule has 0 bridgehead atoms. The number of hydrogen-bond acceptors (Lipinski definition) is 3. The van der Waals surface area contributed by atoms with Gasteiger partial charge in [0.1, 0.15) is 0 Å². The van der Waals surface area contributed by atoms with Crippen LogP contribution in [0.3, 0.4) is 0 Å². The minimum atomic E-state index is -0.359. The summed E-state index contributed by atoms with van der Waals surface area (Å²) in [6.07, 6.45) is 0.247. The van der Waals surface area contributed by atoms with E-state index in [0.29, 0.717) is 10.9 Å². The maximum Gasteiger partial charge on any atom is 0.274 e. The first-order chi connectivity index (χ1) is 3.70. The number of rotatable bonds is 0. The second-order valence-electron chi connectivity index (χ2n) is 1.70. The Hall–Kier alpha value is -0.900.